The van der Waals surface area contributed by atoms with Gasteiger partial charge in [-0.3, -0.25) is 4.79 Å². The van der Waals surface area contributed by atoms with Crippen LogP contribution in [0.1, 0.15) is 15.9 Å². The Balaban J connectivity index is 2.29. The zero-order valence-electron chi connectivity index (χ0n) is 9.85. The molecule has 0 aromatic heterocycles. The van der Waals surface area contributed by atoms with Crippen molar-refractivity contribution in [2.45, 2.75) is 0 Å². The molecule has 0 saturated heterocycles. The Bertz CT molecular complexity index is 606. The highest BCUT2D eigenvalue weighted by atomic mass is 79.9. The van der Waals surface area contributed by atoms with E-state index in [0.717, 1.165) is 6.29 Å². The molecule has 0 heterocycles. The minimum absolute atomic E-state index is 0.314. The van der Waals surface area contributed by atoms with Gasteiger partial charge in [-0.15, -0.1) is 0 Å². The molecule has 0 fully saturated rings. The predicted molar refractivity (Wildman–Crippen MR) is 75.8 cm³/mol. The first-order chi connectivity index (χ1) is 9.24. The van der Waals surface area contributed by atoms with Crippen LogP contribution in [0.3, 0.4) is 0 Å². The van der Waals surface area contributed by atoms with Crippen molar-refractivity contribution in [2.75, 3.05) is 0 Å². The molecule has 0 bridgehead atoms. The Hall–Kier alpha value is -1.94. The summed E-state index contributed by atoms with van der Waals surface area (Å²) in [5.74, 6) is 0.632. The highest BCUT2D eigenvalue weighted by Crippen LogP contribution is 2.24. The Labute approximate surface area is 118 Å². The van der Waals surface area contributed by atoms with Crippen molar-refractivity contribution in [1.29, 1.82) is 0 Å². The Kier molecular flexibility index (Phi) is 4.47. The summed E-state index contributed by atoms with van der Waals surface area (Å²) in [6.45, 7) is 0. The van der Waals surface area contributed by atoms with Gasteiger partial charge in [-0.25, -0.2) is 4.39 Å². The molecule has 0 aliphatic carbocycles. The van der Waals surface area contributed by atoms with Gasteiger partial charge >= 0.3 is 0 Å². The summed E-state index contributed by atoms with van der Waals surface area (Å²) in [5, 5.41) is 0. The summed E-state index contributed by atoms with van der Waals surface area (Å²) < 4.78 is 18.6. The van der Waals surface area contributed by atoms with Crippen molar-refractivity contribution < 1.29 is 13.9 Å². The molecule has 19 heavy (non-hydrogen) atoms. The lowest BCUT2D eigenvalue weighted by Gasteiger charge is -2.11. The monoisotopic (exact) mass is 320 g/mol. The zero-order valence-corrected chi connectivity index (χ0v) is 11.4. The third-order valence-electron chi connectivity index (χ3n) is 2.49. The number of aldehydes is 1. The van der Waals surface area contributed by atoms with Crippen molar-refractivity contribution >= 4 is 28.0 Å². The van der Waals surface area contributed by atoms with Crippen LogP contribution in [0.25, 0.3) is 5.76 Å². The quantitative estimate of drug-likeness (QED) is 0.616. The first-order valence-corrected chi connectivity index (χ1v) is 6.44. The minimum atomic E-state index is -0.314. The molecule has 0 spiro atoms. The van der Waals surface area contributed by atoms with Crippen LogP contribution in [-0.4, -0.2) is 6.29 Å². The Morgan fingerprint density at radius 2 is 1.79 bits per heavy atom. The SMILES string of the molecule is O=Cc1ccccc1O/C(=C\Br)c1ccc(F)cc1. The van der Waals surface area contributed by atoms with Gasteiger partial charge in [0, 0.05) is 10.5 Å². The van der Waals surface area contributed by atoms with Crippen molar-refractivity contribution in [1.82, 2.24) is 0 Å². The van der Waals surface area contributed by atoms with Gasteiger partial charge in [0.2, 0.25) is 0 Å². The lowest BCUT2D eigenvalue weighted by Crippen LogP contribution is -1.97. The summed E-state index contributed by atoms with van der Waals surface area (Å²) in [5.41, 5.74) is 1.16. The summed E-state index contributed by atoms with van der Waals surface area (Å²) >= 11 is 3.21. The highest BCUT2D eigenvalue weighted by molar-refractivity contribution is 9.11. The number of carbonyl (C=O) groups is 1. The second kappa shape index (κ2) is 6.29. The van der Waals surface area contributed by atoms with Crippen LogP contribution in [0.15, 0.2) is 53.5 Å². The molecule has 0 unspecified atom stereocenters. The second-order valence-electron chi connectivity index (χ2n) is 3.74. The largest absolute Gasteiger partial charge is 0.455 e. The molecular formula is C15H10BrFO2. The van der Waals surface area contributed by atoms with E-state index < -0.39 is 0 Å². The van der Waals surface area contributed by atoms with Gasteiger partial charge in [0.25, 0.3) is 0 Å². The van der Waals surface area contributed by atoms with Gasteiger partial charge in [-0.05, 0) is 36.4 Å². The van der Waals surface area contributed by atoms with Crippen LogP contribution in [0.2, 0.25) is 0 Å². The average Bonchev–Trinajstić information content (AvgIpc) is 2.46. The van der Waals surface area contributed by atoms with Crippen molar-refractivity contribution in [3.63, 3.8) is 0 Å². The normalized spacial score (nSPS) is 11.2. The molecule has 2 nitrogen and oxygen atoms in total. The number of rotatable bonds is 4. The first-order valence-electron chi connectivity index (χ1n) is 5.53. The van der Waals surface area contributed by atoms with Gasteiger partial charge in [-0.1, -0.05) is 28.1 Å². The van der Waals surface area contributed by atoms with Crippen molar-refractivity contribution in [2.24, 2.45) is 0 Å². The van der Waals surface area contributed by atoms with Crippen LogP contribution < -0.4 is 4.74 Å². The lowest BCUT2D eigenvalue weighted by molar-refractivity contribution is 0.112. The predicted octanol–water partition coefficient (Wildman–Crippen LogP) is 4.41. The summed E-state index contributed by atoms with van der Waals surface area (Å²) in [7, 11) is 0. The first kappa shape index (κ1) is 13.5. The standard InChI is InChI=1S/C15H10BrFO2/c16-9-15(11-5-7-13(17)8-6-11)19-14-4-2-1-3-12(14)10-18/h1-10H/b15-9-. The molecule has 0 atom stereocenters. The maximum atomic E-state index is 12.9. The van der Waals surface area contributed by atoms with Gasteiger partial charge < -0.3 is 4.74 Å². The van der Waals surface area contributed by atoms with Gasteiger partial charge in [0.1, 0.15) is 17.3 Å². The third-order valence-corrected chi connectivity index (χ3v) is 2.91. The summed E-state index contributed by atoms with van der Waals surface area (Å²) in [6, 6.07) is 12.8. The lowest BCUT2D eigenvalue weighted by atomic mass is 10.2. The maximum Gasteiger partial charge on any atom is 0.153 e. The van der Waals surface area contributed by atoms with E-state index in [0.29, 0.717) is 22.6 Å². The number of ether oxygens (including phenoxy) is 1. The van der Waals surface area contributed by atoms with E-state index >= 15 is 0 Å². The topological polar surface area (TPSA) is 26.3 Å². The molecule has 0 aliphatic rings. The number of hydrogen-bond acceptors (Lipinski definition) is 2. The Morgan fingerprint density at radius 3 is 2.42 bits per heavy atom. The molecule has 0 N–H and O–H groups in total. The molecule has 2 aromatic rings. The van der Waals surface area contributed by atoms with Crippen LogP contribution in [0.4, 0.5) is 4.39 Å². The van der Waals surface area contributed by atoms with E-state index in [1.807, 2.05) is 0 Å². The van der Waals surface area contributed by atoms with Crippen LogP contribution in [0, 0.1) is 5.82 Å². The van der Waals surface area contributed by atoms with Crippen molar-refractivity contribution in [3.05, 3.63) is 70.5 Å². The number of para-hydroxylation sites is 1. The van der Waals surface area contributed by atoms with Gasteiger partial charge in [0.15, 0.2) is 6.29 Å². The molecule has 0 radical (unpaired) electrons. The molecule has 2 rings (SSSR count). The zero-order chi connectivity index (χ0) is 13.7. The number of benzene rings is 2. The molecular weight excluding hydrogens is 311 g/mol. The number of hydrogen-bond donors (Lipinski definition) is 0. The summed E-state index contributed by atoms with van der Waals surface area (Å²) in [4.78, 5) is 12.5. The molecule has 0 amide bonds. The van der Waals surface area contributed by atoms with E-state index in [1.165, 1.54) is 12.1 Å². The van der Waals surface area contributed by atoms with E-state index in [2.05, 4.69) is 15.9 Å². The smallest absolute Gasteiger partial charge is 0.153 e. The number of carbonyl (C=O) groups excluding carboxylic acids is 1. The molecule has 0 aliphatic heterocycles. The number of halogens is 2. The average molecular weight is 321 g/mol. The van der Waals surface area contributed by atoms with Crippen LogP contribution >= 0.6 is 15.9 Å². The summed E-state index contributed by atoms with van der Waals surface area (Å²) in [6.07, 6.45) is 0.728. The Morgan fingerprint density at radius 1 is 1.11 bits per heavy atom. The van der Waals surface area contributed by atoms with E-state index in [4.69, 9.17) is 4.74 Å². The molecule has 4 heteroatoms. The van der Waals surface area contributed by atoms with Crippen LogP contribution in [-0.2, 0) is 0 Å². The second-order valence-corrected chi connectivity index (χ2v) is 4.20. The molecule has 96 valence electrons. The highest BCUT2D eigenvalue weighted by Gasteiger charge is 2.07. The van der Waals surface area contributed by atoms with Crippen LogP contribution in [0.5, 0.6) is 5.75 Å². The van der Waals surface area contributed by atoms with Gasteiger partial charge in [-0.2, -0.15) is 0 Å². The van der Waals surface area contributed by atoms with Gasteiger partial charge in [0.05, 0.1) is 5.56 Å². The minimum Gasteiger partial charge on any atom is -0.455 e. The molecule has 0 saturated carbocycles. The van der Waals surface area contributed by atoms with E-state index in [1.54, 1.807) is 41.4 Å². The molecule has 2 aromatic carbocycles. The third kappa shape index (κ3) is 3.29. The fourth-order valence-electron chi connectivity index (χ4n) is 1.55. The van der Waals surface area contributed by atoms with E-state index in [9.17, 15) is 9.18 Å². The van der Waals surface area contributed by atoms with Crippen molar-refractivity contribution in [3.8, 4) is 5.75 Å². The maximum absolute atomic E-state index is 12.9. The fraction of sp³-hybridized carbons (Fsp3) is 0. The van der Waals surface area contributed by atoms with E-state index in [-0.39, 0.29) is 5.82 Å². The fourth-order valence-corrected chi connectivity index (χ4v) is 1.91.